The van der Waals surface area contributed by atoms with Crippen molar-refractivity contribution in [1.29, 1.82) is 0 Å². The molecule has 5 unspecified atom stereocenters. The van der Waals surface area contributed by atoms with Gasteiger partial charge in [-0.3, -0.25) is 21.1 Å². The smallest absolute Gasteiger partial charge is 0.237 e. The third-order valence-corrected chi connectivity index (χ3v) is 5.12. The lowest BCUT2D eigenvalue weighted by Crippen LogP contribution is -2.52. The predicted molar refractivity (Wildman–Crippen MR) is 93.5 cm³/mol. The van der Waals surface area contributed by atoms with Gasteiger partial charge in [0.2, 0.25) is 5.91 Å². The van der Waals surface area contributed by atoms with Gasteiger partial charge in [0, 0.05) is 36.6 Å². The van der Waals surface area contributed by atoms with Crippen molar-refractivity contribution in [3.05, 3.63) is 35.9 Å². The van der Waals surface area contributed by atoms with E-state index < -0.39 is 6.04 Å². The molecular formula is C17H28N6O. The number of amides is 1. The van der Waals surface area contributed by atoms with E-state index in [0.29, 0.717) is 6.54 Å². The van der Waals surface area contributed by atoms with Gasteiger partial charge in [-0.05, 0) is 25.8 Å². The van der Waals surface area contributed by atoms with Crippen LogP contribution in [0.15, 0.2) is 30.3 Å². The van der Waals surface area contributed by atoms with Crippen molar-refractivity contribution in [1.82, 2.24) is 27.0 Å². The van der Waals surface area contributed by atoms with Crippen LogP contribution in [0.1, 0.15) is 31.9 Å². The Hall–Kier alpha value is -1.51. The van der Waals surface area contributed by atoms with E-state index in [1.54, 1.807) is 0 Å². The van der Waals surface area contributed by atoms with Crippen LogP contribution in [0, 0.1) is 5.92 Å². The van der Waals surface area contributed by atoms with Crippen LogP contribution in [0.5, 0.6) is 0 Å². The van der Waals surface area contributed by atoms with Crippen molar-refractivity contribution >= 4 is 5.91 Å². The molecule has 24 heavy (non-hydrogen) atoms. The third-order valence-electron chi connectivity index (χ3n) is 5.12. The van der Waals surface area contributed by atoms with Gasteiger partial charge in [-0.2, -0.15) is 0 Å². The molecule has 7 nitrogen and oxygen atoms in total. The summed E-state index contributed by atoms with van der Waals surface area (Å²) < 4.78 is 0. The molecule has 7 N–H and O–H groups in total. The summed E-state index contributed by atoms with van der Waals surface area (Å²) in [6.07, 6.45) is 0.929. The molecular weight excluding hydrogens is 304 g/mol. The molecule has 3 rings (SSSR count). The number of nitrogens with one attached hydrogen (secondary N) is 5. The second-order valence-corrected chi connectivity index (χ2v) is 6.90. The molecule has 1 aromatic carbocycles. The average Bonchev–Trinajstić information content (AvgIpc) is 3.20. The molecule has 7 heteroatoms. The van der Waals surface area contributed by atoms with Crippen molar-refractivity contribution in [3.63, 3.8) is 0 Å². The third kappa shape index (κ3) is 3.76. The lowest BCUT2D eigenvalue weighted by molar-refractivity contribution is -0.123. The first kappa shape index (κ1) is 17.3. The van der Waals surface area contributed by atoms with Crippen molar-refractivity contribution in [2.75, 3.05) is 6.54 Å². The van der Waals surface area contributed by atoms with Gasteiger partial charge >= 0.3 is 0 Å². The van der Waals surface area contributed by atoms with Crippen LogP contribution in [-0.2, 0) is 4.79 Å². The Balaban J connectivity index is 1.47. The van der Waals surface area contributed by atoms with E-state index in [2.05, 4.69) is 39.2 Å². The minimum Gasteiger partial charge on any atom is -0.353 e. The monoisotopic (exact) mass is 332 g/mol. The number of hydrogen-bond donors (Lipinski definition) is 6. The molecule has 0 bridgehead atoms. The second kappa shape index (κ2) is 7.58. The Kier molecular flexibility index (Phi) is 5.47. The summed E-state index contributed by atoms with van der Waals surface area (Å²) in [5, 5.41) is 2.99. The largest absolute Gasteiger partial charge is 0.353 e. The van der Waals surface area contributed by atoms with Gasteiger partial charge in [0.25, 0.3) is 0 Å². The molecule has 2 aliphatic rings. The molecule has 2 saturated heterocycles. The topological polar surface area (TPSA) is 103 Å². The maximum atomic E-state index is 12.4. The van der Waals surface area contributed by atoms with Crippen molar-refractivity contribution in [2.45, 2.75) is 50.5 Å². The van der Waals surface area contributed by atoms with Gasteiger partial charge < -0.3 is 11.1 Å². The van der Waals surface area contributed by atoms with E-state index in [1.165, 1.54) is 5.56 Å². The normalized spacial score (nSPS) is 34.2. The Morgan fingerprint density at radius 3 is 2.50 bits per heavy atom. The zero-order valence-electron chi connectivity index (χ0n) is 14.3. The summed E-state index contributed by atoms with van der Waals surface area (Å²) in [5.74, 6) is -0.00843. The first-order chi connectivity index (χ1) is 11.6. The first-order valence-corrected chi connectivity index (χ1v) is 8.66. The molecule has 132 valence electrons. The summed E-state index contributed by atoms with van der Waals surface area (Å²) in [4.78, 5) is 12.4. The molecule has 1 amide bonds. The standard InChI is InChI=1S/C17H28N6O/c1-10-15(11(2)21-20-10)16(18)17(24)19-9-13-8-14(23-22-13)12-6-4-3-5-7-12/h3-7,10-11,13-16,20-23H,8-9,18H2,1-2H3,(H,19,24). The van der Waals surface area contributed by atoms with E-state index >= 15 is 0 Å². The fourth-order valence-electron chi connectivity index (χ4n) is 3.69. The molecule has 2 fully saturated rings. The Labute approximate surface area is 143 Å². The molecule has 5 atom stereocenters. The van der Waals surface area contributed by atoms with E-state index in [1.807, 2.05) is 32.0 Å². The Morgan fingerprint density at radius 1 is 1.17 bits per heavy atom. The highest BCUT2D eigenvalue weighted by molar-refractivity contribution is 5.82. The molecule has 2 aliphatic heterocycles. The van der Waals surface area contributed by atoms with Gasteiger partial charge in [0.15, 0.2) is 0 Å². The number of benzene rings is 1. The summed E-state index contributed by atoms with van der Waals surface area (Å²) in [5.41, 5.74) is 20.3. The van der Waals surface area contributed by atoms with Gasteiger partial charge in [-0.15, -0.1) is 0 Å². The van der Waals surface area contributed by atoms with E-state index in [0.717, 1.165) is 6.42 Å². The predicted octanol–water partition coefficient (Wildman–Crippen LogP) is -0.461. The molecule has 0 saturated carbocycles. The quantitative estimate of drug-likeness (QED) is 0.436. The lowest BCUT2D eigenvalue weighted by Gasteiger charge is -2.25. The zero-order valence-corrected chi connectivity index (χ0v) is 14.3. The highest BCUT2D eigenvalue weighted by Crippen LogP contribution is 2.21. The molecule has 1 aromatic rings. The highest BCUT2D eigenvalue weighted by atomic mass is 16.2. The molecule has 0 aliphatic carbocycles. The minimum absolute atomic E-state index is 0.0803. The van der Waals surface area contributed by atoms with Crippen molar-refractivity contribution < 1.29 is 4.79 Å². The van der Waals surface area contributed by atoms with Crippen LogP contribution >= 0.6 is 0 Å². The van der Waals surface area contributed by atoms with Crippen LogP contribution in [-0.4, -0.2) is 36.6 Å². The molecule has 0 spiro atoms. The number of carbonyl (C=O) groups excluding carboxylic acids is 1. The molecule has 2 heterocycles. The van der Waals surface area contributed by atoms with E-state index in [4.69, 9.17) is 5.73 Å². The molecule has 0 aromatic heterocycles. The molecule has 0 radical (unpaired) electrons. The van der Waals surface area contributed by atoms with Gasteiger partial charge in [-0.1, -0.05) is 30.3 Å². The number of hydrazine groups is 2. The second-order valence-electron chi connectivity index (χ2n) is 6.90. The Morgan fingerprint density at radius 2 is 1.83 bits per heavy atom. The van der Waals surface area contributed by atoms with Gasteiger partial charge in [0.05, 0.1) is 6.04 Å². The number of hydrogen-bond acceptors (Lipinski definition) is 6. The fraction of sp³-hybridized carbons (Fsp3) is 0.588. The SMILES string of the molecule is CC1NNC(C)C1C(N)C(=O)NCC1CC(c2ccccc2)NN1. The minimum atomic E-state index is -0.517. The summed E-state index contributed by atoms with van der Waals surface area (Å²) in [7, 11) is 0. The first-order valence-electron chi connectivity index (χ1n) is 8.66. The summed E-state index contributed by atoms with van der Waals surface area (Å²) in [6.45, 7) is 4.65. The summed E-state index contributed by atoms with van der Waals surface area (Å²) >= 11 is 0. The number of carbonyl (C=O) groups is 1. The number of nitrogens with two attached hydrogens (primary N) is 1. The van der Waals surface area contributed by atoms with Crippen LogP contribution in [0.4, 0.5) is 0 Å². The average molecular weight is 332 g/mol. The van der Waals surface area contributed by atoms with Crippen LogP contribution in [0.2, 0.25) is 0 Å². The van der Waals surface area contributed by atoms with Crippen molar-refractivity contribution in [3.8, 4) is 0 Å². The van der Waals surface area contributed by atoms with Gasteiger partial charge in [-0.25, -0.2) is 5.43 Å². The van der Waals surface area contributed by atoms with E-state index in [9.17, 15) is 4.79 Å². The fourth-order valence-corrected chi connectivity index (χ4v) is 3.69. The van der Waals surface area contributed by atoms with Gasteiger partial charge in [0.1, 0.15) is 0 Å². The van der Waals surface area contributed by atoms with Crippen LogP contribution in [0.3, 0.4) is 0 Å². The van der Waals surface area contributed by atoms with Crippen LogP contribution < -0.4 is 32.8 Å². The van der Waals surface area contributed by atoms with Crippen LogP contribution in [0.25, 0.3) is 0 Å². The zero-order chi connectivity index (χ0) is 17.1. The highest BCUT2D eigenvalue weighted by Gasteiger charge is 2.38. The van der Waals surface area contributed by atoms with Crippen molar-refractivity contribution in [2.24, 2.45) is 11.7 Å². The maximum absolute atomic E-state index is 12.4. The Bertz CT molecular complexity index is 543. The maximum Gasteiger partial charge on any atom is 0.237 e. The summed E-state index contributed by atoms with van der Waals surface area (Å²) in [6, 6.07) is 10.6. The number of rotatable bonds is 5. The lowest BCUT2D eigenvalue weighted by atomic mass is 9.88. The van der Waals surface area contributed by atoms with E-state index in [-0.39, 0.29) is 36.0 Å².